The third kappa shape index (κ3) is 5.47. The number of methoxy groups -OCH3 is 1. The smallest absolute Gasteiger partial charge is 0.238 e. The molecule has 148 valence electrons. The highest BCUT2D eigenvalue weighted by atomic mass is 35.5. The second-order valence-electron chi connectivity index (χ2n) is 6.71. The molecule has 1 aliphatic heterocycles. The van der Waals surface area contributed by atoms with E-state index in [-0.39, 0.29) is 18.4 Å². The molecule has 1 saturated heterocycles. The van der Waals surface area contributed by atoms with E-state index in [1.54, 1.807) is 19.2 Å². The van der Waals surface area contributed by atoms with Crippen molar-refractivity contribution in [2.45, 2.75) is 6.42 Å². The Kier molecular flexibility index (Phi) is 6.90. The molecule has 0 spiro atoms. The molecule has 0 unspecified atom stereocenters. The molecule has 0 aliphatic carbocycles. The van der Waals surface area contributed by atoms with Crippen molar-refractivity contribution in [2.75, 3.05) is 45.2 Å². The van der Waals surface area contributed by atoms with Crippen LogP contribution >= 0.6 is 11.6 Å². The van der Waals surface area contributed by atoms with Crippen molar-refractivity contribution in [2.24, 2.45) is 0 Å². The summed E-state index contributed by atoms with van der Waals surface area (Å²) < 4.78 is 5.14. The maximum atomic E-state index is 12.5. The molecule has 7 heteroatoms. The number of carbonyl (C=O) groups is 2. The third-order valence-electron chi connectivity index (χ3n) is 4.75. The maximum Gasteiger partial charge on any atom is 0.238 e. The van der Waals surface area contributed by atoms with Crippen LogP contribution in [0, 0.1) is 0 Å². The minimum atomic E-state index is -0.105. The molecule has 0 bridgehead atoms. The van der Waals surface area contributed by atoms with E-state index < -0.39 is 0 Å². The van der Waals surface area contributed by atoms with Gasteiger partial charge in [-0.25, -0.2) is 0 Å². The fourth-order valence-corrected chi connectivity index (χ4v) is 3.32. The zero-order chi connectivity index (χ0) is 19.9. The van der Waals surface area contributed by atoms with Crippen molar-refractivity contribution in [1.29, 1.82) is 0 Å². The summed E-state index contributed by atoms with van der Waals surface area (Å²) in [6, 6.07) is 14.7. The summed E-state index contributed by atoms with van der Waals surface area (Å²) in [4.78, 5) is 28.7. The number of anilines is 1. The van der Waals surface area contributed by atoms with E-state index >= 15 is 0 Å². The lowest BCUT2D eigenvalue weighted by Gasteiger charge is -2.34. The number of piperazine rings is 1. The number of amides is 2. The third-order valence-corrected chi connectivity index (χ3v) is 5.08. The Morgan fingerprint density at radius 2 is 1.71 bits per heavy atom. The fraction of sp³-hybridized carbons (Fsp3) is 0.333. The van der Waals surface area contributed by atoms with Crippen LogP contribution in [0.1, 0.15) is 5.56 Å². The first kappa shape index (κ1) is 20.2. The molecule has 1 fully saturated rings. The number of hydrogen-bond donors (Lipinski definition) is 1. The van der Waals surface area contributed by atoms with E-state index in [0.717, 1.165) is 11.3 Å². The topological polar surface area (TPSA) is 61.9 Å². The van der Waals surface area contributed by atoms with Crippen molar-refractivity contribution < 1.29 is 14.3 Å². The van der Waals surface area contributed by atoms with Crippen LogP contribution in [0.25, 0.3) is 0 Å². The van der Waals surface area contributed by atoms with Crippen LogP contribution in [0.5, 0.6) is 5.75 Å². The highest BCUT2D eigenvalue weighted by Crippen LogP contribution is 2.20. The van der Waals surface area contributed by atoms with Gasteiger partial charge in [0.2, 0.25) is 11.8 Å². The molecule has 0 aromatic heterocycles. The largest absolute Gasteiger partial charge is 0.497 e. The van der Waals surface area contributed by atoms with Crippen LogP contribution < -0.4 is 10.1 Å². The molecule has 0 saturated carbocycles. The molecule has 1 N–H and O–H groups in total. The first-order valence-electron chi connectivity index (χ1n) is 9.22. The molecule has 1 aliphatic rings. The number of para-hydroxylation sites is 1. The Hall–Kier alpha value is -2.57. The van der Waals surface area contributed by atoms with E-state index in [1.165, 1.54) is 0 Å². The van der Waals surface area contributed by atoms with E-state index in [4.69, 9.17) is 16.3 Å². The number of halogens is 1. The normalized spacial score (nSPS) is 14.6. The first-order valence-corrected chi connectivity index (χ1v) is 9.60. The van der Waals surface area contributed by atoms with Gasteiger partial charge in [-0.2, -0.15) is 0 Å². The molecule has 3 rings (SSSR count). The van der Waals surface area contributed by atoms with Gasteiger partial charge in [0.05, 0.1) is 30.8 Å². The minimum Gasteiger partial charge on any atom is -0.497 e. The molecule has 28 heavy (non-hydrogen) atoms. The summed E-state index contributed by atoms with van der Waals surface area (Å²) in [5.41, 5.74) is 1.58. The summed E-state index contributed by atoms with van der Waals surface area (Å²) in [7, 11) is 1.62. The number of rotatable bonds is 6. The number of nitrogens with one attached hydrogen (secondary N) is 1. The van der Waals surface area contributed by atoms with E-state index in [1.807, 2.05) is 46.2 Å². The molecule has 2 amide bonds. The molecule has 1 heterocycles. The summed E-state index contributed by atoms with van der Waals surface area (Å²) in [6.45, 7) is 2.86. The van der Waals surface area contributed by atoms with Crippen LogP contribution in [0.2, 0.25) is 5.02 Å². The molecule has 6 nitrogen and oxygen atoms in total. The van der Waals surface area contributed by atoms with E-state index in [2.05, 4.69) is 5.32 Å². The van der Waals surface area contributed by atoms with Gasteiger partial charge in [-0.3, -0.25) is 14.5 Å². The maximum absolute atomic E-state index is 12.5. The summed E-state index contributed by atoms with van der Waals surface area (Å²) >= 11 is 6.07. The quantitative estimate of drug-likeness (QED) is 0.808. The standard InChI is InChI=1S/C21H24ClN3O3/c1-28-17-8-6-16(7-9-17)14-21(27)25-12-10-24(11-13-25)15-20(26)23-19-5-3-2-4-18(19)22/h2-9H,10-15H2,1H3,(H,23,26). The van der Waals surface area contributed by atoms with Gasteiger partial charge in [-0.15, -0.1) is 0 Å². The Bertz CT molecular complexity index is 818. The van der Waals surface area contributed by atoms with Crippen LogP contribution in [0.4, 0.5) is 5.69 Å². The summed E-state index contributed by atoms with van der Waals surface area (Å²) in [5, 5.41) is 3.35. The van der Waals surface area contributed by atoms with Crippen molar-refractivity contribution in [3.05, 3.63) is 59.1 Å². The van der Waals surface area contributed by atoms with Crippen LogP contribution in [-0.4, -0.2) is 61.4 Å². The predicted octanol–water partition coefficient (Wildman–Crippen LogP) is 2.67. The zero-order valence-corrected chi connectivity index (χ0v) is 16.6. The lowest BCUT2D eigenvalue weighted by Crippen LogP contribution is -2.50. The fourth-order valence-electron chi connectivity index (χ4n) is 3.14. The highest BCUT2D eigenvalue weighted by Gasteiger charge is 2.22. The van der Waals surface area contributed by atoms with Gasteiger partial charge in [0.25, 0.3) is 0 Å². The van der Waals surface area contributed by atoms with Gasteiger partial charge in [0.1, 0.15) is 5.75 Å². The van der Waals surface area contributed by atoms with Crippen LogP contribution in [-0.2, 0) is 16.0 Å². The molecular formula is C21H24ClN3O3. The van der Waals surface area contributed by atoms with Gasteiger partial charge in [-0.05, 0) is 29.8 Å². The Morgan fingerprint density at radius 1 is 1.04 bits per heavy atom. The molecule has 2 aromatic rings. The van der Waals surface area contributed by atoms with Crippen LogP contribution in [0.15, 0.2) is 48.5 Å². The highest BCUT2D eigenvalue weighted by molar-refractivity contribution is 6.33. The number of ether oxygens (including phenoxy) is 1. The molecule has 0 atom stereocenters. The van der Waals surface area contributed by atoms with E-state index in [0.29, 0.717) is 43.3 Å². The van der Waals surface area contributed by atoms with Gasteiger partial charge in [0, 0.05) is 26.2 Å². The first-order chi connectivity index (χ1) is 13.5. The summed E-state index contributed by atoms with van der Waals surface area (Å²) in [5.74, 6) is 0.774. The lowest BCUT2D eigenvalue weighted by atomic mass is 10.1. The average molecular weight is 402 g/mol. The Balaban J connectivity index is 1.44. The minimum absolute atomic E-state index is 0.102. The SMILES string of the molecule is COc1ccc(CC(=O)N2CCN(CC(=O)Nc3ccccc3Cl)CC2)cc1. The number of benzene rings is 2. The molecular weight excluding hydrogens is 378 g/mol. The van der Waals surface area contributed by atoms with Crippen LogP contribution in [0.3, 0.4) is 0 Å². The lowest BCUT2D eigenvalue weighted by molar-refractivity contribution is -0.132. The van der Waals surface area contributed by atoms with Gasteiger partial charge >= 0.3 is 0 Å². The second-order valence-corrected chi connectivity index (χ2v) is 7.12. The Labute approximate surface area is 170 Å². The van der Waals surface area contributed by atoms with Crippen molar-refractivity contribution in [3.63, 3.8) is 0 Å². The number of carbonyl (C=O) groups excluding carboxylic acids is 2. The zero-order valence-electron chi connectivity index (χ0n) is 15.9. The van der Waals surface area contributed by atoms with Crippen molar-refractivity contribution >= 4 is 29.1 Å². The predicted molar refractivity (Wildman–Crippen MR) is 110 cm³/mol. The number of nitrogens with zero attached hydrogens (tertiary/aromatic N) is 2. The van der Waals surface area contributed by atoms with Gasteiger partial charge < -0.3 is 15.0 Å². The average Bonchev–Trinajstić information content (AvgIpc) is 2.71. The molecule has 2 aromatic carbocycles. The van der Waals surface area contributed by atoms with Gasteiger partial charge in [-0.1, -0.05) is 35.9 Å². The van der Waals surface area contributed by atoms with Crippen molar-refractivity contribution in [3.8, 4) is 5.75 Å². The Morgan fingerprint density at radius 3 is 2.36 bits per heavy atom. The van der Waals surface area contributed by atoms with E-state index in [9.17, 15) is 9.59 Å². The summed E-state index contributed by atoms with van der Waals surface area (Å²) in [6.07, 6.45) is 0.372. The number of hydrogen-bond acceptors (Lipinski definition) is 4. The monoisotopic (exact) mass is 401 g/mol. The molecule has 0 radical (unpaired) electrons. The van der Waals surface area contributed by atoms with Gasteiger partial charge in [0.15, 0.2) is 0 Å². The second kappa shape index (κ2) is 9.57. The van der Waals surface area contributed by atoms with Crippen molar-refractivity contribution in [1.82, 2.24) is 9.80 Å².